The van der Waals surface area contributed by atoms with Crippen LogP contribution in [-0.4, -0.2) is 28.8 Å². The predicted molar refractivity (Wildman–Crippen MR) is 134 cm³/mol. The number of benzene rings is 3. The van der Waals surface area contributed by atoms with Gasteiger partial charge in [0.2, 0.25) is 11.8 Å². The molecule has 7 heteroatoms. The molecule has 33 heavy (non-hydrogen) atoms. The number of nitrogens with zero attached hydrogens (tertiary/aromatic N) is 2. The summed E-state index contributed by atoms with van der Waals surface area (Å²) in [7, 11) is 0. The highest BCUT2D eigenvalue weighted by Gasteiger charge is 2.40. The third kappa shape index (κ3) is 5.81. The average Bonchev–Trinajstić information content (AvgIpc) is 3.12. The van der Waals surface area contributed by atoms with Gasteiger partial charge in [0.1, 0.15) is 11.0 Å². The van der Waals surface area contributed by atoms with Crippen LogP contribution in [0.2, 0.25) is 0 Å². The van der Waals surface area contributed by atoms with E-state index in [1.165, 1.54) is 16.7 Å². The molecule has 0 spiro atoms. The molecule has 0 radical (unpaired) electrons. The van der Waals surface area contributed by atoms with E-state index in [2.05, 4.69) is 10.3 Å². The molecule has 3 aromatic rings. The van der Waals surface area contributed by atoms with Crippen LogP contribution in [0.4, 0.5) is 17.1 Å². The van der Waals surface area contributed by atoms with Gasteiger partial charge in [0, 0.05) is 12.1 Å². The minimum Gasteiger partial charge on any atom is -0.494 e. The summed E-state index contributed by atoms with van der Waals surface area (Å²) >= 11 is 1.27. The van der Waals surface area contributed by atoms with Crippen LogP contribution in [0.15, 0.2) is 89.9 Å². The van der Waals surface area contributed by atoms with Crippen LogP contribution in [0.1, 0.15) is 19.8 Å². The molecule has 0 aromatic heterocycles. The van der Waals surface area contributed by atoms with Crippen molar-refractivity contribution < 1.29 is 14.3 Å². The molecular formula is C26H25N3O3S. The first-order chi connectivity index (χ1) is 16.1. The number of para-hydroxylation sites is 2. The van der Waals surface area contributed by atoms with Gasteiger partial charge in [0.15, 0.2) is 5.17 Å². The fourth-order valence-electron chi connectivity index (χ4n) is 3.36. The smallest absolute Gasteiger partial charge is 0.247 e. The number of nitrogens with one attached hydrogen (secondary N) is 1. The molecule has 0 unspecified atom stereocenters. The molecule has 3 aromatic carbocycles. The fourth-order valence-corrected chi connectivity index (χ4v) is 4.40. The first-order valence-corrected chi connectivity index (χ1v) is 11.7. The van der Waals surface area contributed by atoms with E-state index in [9.17, 15) is 9.59 Å². The molecule has 1 saturated heterocycles. The molecule has 1 aliphatic heterocycles. The molecule has 1 fully saturated rings. The Bertz CT molecular complexity index is 1120. The monoisotopic (exact) mass is 459 g/mol. The quantitative estimate of drug-likeness (QED) is 0.281. The van der Waals surface area contributed by atoms with Crippen LogP contribution in [0.3, 0.4) is 0 Å². The Hall–Kier alpha value is -3.58. The van der Waals surface area contributed by atoms with Crippen LogP contribution in [0.5, 0.6) is 5.75 Å². The molecular weight excluding hydrogens is 434 g/mol. The maximum atomic E-state index is 13.2. The topological polar surface area (TPSA) is 71.0 Å². The summed E-state index contributed by atoms with van der Waals surface area (Å²) in [4.78, 5) is 31.9. The number of imide groups is 1. The number of amides is 2. The maximum absolute atomic E-state index is 13.2. The van der Waals surface area contributed by atoms with Gasteiger partial charge in [-0.2, -0.15) is 0 Å². The molecule has 1 atom stereocenters. The lowest BCUT2D eigenvalue weighted by Gasteiger charge is -2.16. The van der Waals surface area contributed by atoms with E-state index in [4.69, 9.17) is 4.74 Å². The minimum atomic E-state index is -0.563. The summed E-state index contributed by atoms with van der Waals surface area (Å²) in [5.41, 5.74) is 2.17. The van der Waals surface area contributed by atoms with E-state index in [-0.39, 0.29) is 18.2 Å². The van der Waals surface area contributed by atoms with E-state index in [1.54, 1.807) is 24.3 Å². The number of ether oxygens (including phenoxy) is 1. The zero-order valence-corrected chi connectivity index (χ0v) is 19.1. The van der Waals surface area contributed by atoms with Crippen molar-refractivity contribution in [3.8, 4) is 5.75 Å². The van der Waals surface area contributed by atoms with Gasteiger partial charge < -0.3 is 10.1 Å². The first-order valence-electron chi connectivity index (χ1n) is 10.9. The standard InChI is InChI=1S/C26H25N3O3S/c1-2-17-32-22-15-13-21(14-16-22)29-24(30)18-23(25(29)31)33-26(27-19-9-5-3-6-10-19)28-20-11-7-4-8-12-20/h3-16,23H,2,17-18H2,1H3,(H,27,28)/t23-/m1/s1. The molecule has 1 heterocycles. The van der Waals surface area contributed by atoms with Gasteiger partial charge in [-0.15, -0.1) is 0 Å². The Morgan fingerprint density at radius 2 is 1.67 bits per heavy atom. The number of hydrogen-bond acceptors (Lipinski definition) is 5. The highest BCUT2D eigenvalue weighted by molar-refractivity contribution is 8.15. The molecule has 2 amide bonds. The van der Waals surface area contributed by atoms with Gasteiger partial charge >= 0.3 is 0 Å². The van der Waals surface area contributed by atoms with E-state index in [0.29, 0.717) is 17.5 Å². The molecule has 1 N–H and O–H groups in total. The van der Waals surface area contributed by atoms with Crippen molar-refractivity contribution in [2.24, 2.45) is 4.99 Å². The Morgan fingerprint density at radius 3 is 2.33 bits per heavy atom. The maximum Gasteiger partial charge on any atom is 0.247 e. The second-order valence-electron chi connectivity index (χ2n) is 7.46. The molecule has 0 bridgehead atoms. The summed E-state index contributed by atoms with van der Waals surface area (Å²) in [5, 5.41) is 3.28. The molecule has 168 valence electrons. The number of hydrogen-bond donors (Lipinski definition) is 1. The first kappa shape index (κ1) is 22.6. The van der Waals surface area contributed by atoms with E-state index in [1.807, 2.05) is 67.6 Å². The van der Waals surface area contributed by atoms with E-state index < -0.39 is 5.25 Å². The van der Waals surface area contributed by atoms with Crippen LogP contribution in [-0.2, 0) is 9.59 Å². The SMILES string of the molecule is CCCOc1ccc(N2C(=O)C[C@@H](SC(=Nc3ccccc3)Nc3ccccc3)C2=O)cc1. The molecule has 4 rings (SSSR count). The Balaban J connectivity index is 1.52. The van der Waals surface area contributed by atoms with Crippen molar-refractivity contribution in [3.05, 3.63) is 84.9 Å². The van der Waals surface area contributed by atoms with Gasteiger partial charge in [0.25, 0.3) is 0 Å². The van der Waals surface area contributed by atoms with Gasteiger partial charge in [-0.1, -0.05) is 55.1 Å². The summed E-state index contributed by atoms with van der Waals surface area (Å²) < 4.78 is 5.60. The zero-order chi connectivity index (χ0) is 23.0. The van der Waals surface area contributed by atoms with Crippen molar-refractivity contribution >= 4 is 45.8 Å². The van der Waals surface area contributed by atoms with Gasteiger partial charge in [-0.25, -0.2) is 9.89 Å². The molecule has 0 aliphatic carbocycles. The lowest BCUT2D eigenvalue weighted by molar-refractivity contribution is -0.121. The number of amidine groups is 1. The average molecular weight is 460 g/mol. The van der Waals surface area contributed by atoms with E-state index in [0.717, 1.165) is 23.5 Å². The lowest BCUT2D eigenvalue weighted by atomic mass is 10.3. The van der Waals surface area contributed by atoms with Crippen molar-refractivity contribution in [3.63, 3.8) is 0 Å². The highest BCUT2D eigenvalue weighted by atomic mass is 32.2. The lowest BCUT2D eigenvalue weighted by Crippen LogP contribution is -2.31. The van der Waals surface area contributed by atoms with Gasteiger partial charge in [-0.3, -0.25) is 9.59 Å². The molecule has 0 saturated carbocycles. The third-order valence-electron chi connectivity index (χ3n) is 4.94. The van der Waals surface area contributed by atoms with Gasteiger partial charge in [0.05, 0.1) is 18.0 Å². The van der Waals surface area contributed by atoms with E-state index >= 15 is 0 Å². The number of anilines is 2. The largest absolute Gasteiger partial charge is 0.494 e. The summed E-state index contributed by atoms with van der Waals surface area (Å²) in [6, 6.07) is 26.2. The number of carbonyl (C=O) groups is 2. The number of carbonyl (C=O) groups excluding carboxylic acids is 2. The minimum absolute atomic E-state index is 0.113. The Morgan fingerprint density at radius 1 is 1.00 bits per heavy atom. The summed E-state index contributed by atoms with van der Waals surface area (Å²) in [5.74, 6) is 0.247. The summed E-state index contributed by atoms with van der Waals surface area (Å²) in [6.07, 6.45) is 1.02. The number of thioether (sulfide) groups is 1. The van der Waals surface area contributed by atoms with Crippen LogP contribution < -0.4 is 15.0 Å². The van der Waals surface area contributed by atoms with Crippen molar-refractivity contribution in [1.29, 1.82) is 0 Å². The van der Waals surface area contributed by atoms with Crippen molar-refractivity contribution in [2.75, 3.05) is 16.8 Å². The number of rotatable bonds is 7. The molecule has 1 aliphatic rings. The second-order valence-corrected chi connectivity index (χ2v) is 8.66. The zero-order valence-electron chi connectivity index (χ0n) is 18.3. The van der Waals surface area contributed by atoms with Crippen LogP contribution >= 0.6 is 11.8 Å². The normalized spacial score (nSPS) is 16.2. The Labute approximate surface area is 197 Å². The molecule has 6 nitrogen and oxygen atoms in total. The summed E-state index contributed by atoms with van der Waals surface area (Å²) in [6.45, 7) is 2.66. The highest BCUT2D eigenvalue weighted by Crippen LogP contribution is 2.32. The van der Waals surface area contributed by atoms with Crippen LogP contribution in [0, 0.1) is 0 Å². The third-order valence-corrected chi connectivity index (χ3v) is 6.01. The van der Waals surface area contributed by atoms with Crippen molar-refractivity contribution in [2.45, 2.75) is 25.0 Å². The predicted octanol–water partition coefficient (Wildman–Crippen LogP) is 5.64. The fraction of sp³-hybridized carbons (Fsp3) is 0.192. The Kier molecular flexibility index (Phi) is 7.42. The van der Waals surface area contributed by atoms with Crippen LogP contribution in [0.25, 0.3) is 0 Å². The van der Waals surface area contributed by atoms with Crippen molar-refractivity contribution in [1.82, 2.24) is 0 Å². The van der Waals surface area contributed by atoms with Gasteiger partial charge in [-0.05, 0) is 55.0 Å². The second kappa shape index (κ2) is 10.8. The number of aliphatic imine (C=N–C) groups is 1.